The van der Waals surface area contributed by atoms with Gasteiger partial charge in [0.2, 0.25) is 0 Å². The number of likely N-dealkylation sites (N-methyl/N-ethyl adjacent to an activating group) is 1. The Kier molecular flexibility index (Phi) is 5.09. The van der Waals surface area contributed by atoms with Gasteiger partial charge in [-0.05, 0) is 31.3 Å². The number of piperazine rings is 1. The van der Waals surface area contributed by atoms with Gasteiger partial charge in [-0.15, -0.1) is 0 Å². The van der Waals surface area contributed by atoms with Gasteiger partial charge in [-0.1, -0.05) is 11.8 Å². The van der Waals surface area contributed by atoms with Crippen molar-refractivity contribution in [1.29, 1.82) is 0 Å². The maximum Gasteiger partial charge on any atom is 0.363 e. The molecule has 0 amide bonds. The zero-order valence-corrected chi connectivity index (χ0v) is 14.7. The predicted octanol–water partition coefficient (Wildman–Crippen LogP) is 0.195. The molecule has 0 saturated carbocycles. The van der Waals surface area contributed by atoms with Crippen LogP contribution in [0.3, 0.4) is 0 Å². The maximum absolute atomic E-state index is 11.7. The van der Waals surface area contributed by atoms with Crippen molar-refractivity contribution >= 4 is 23.9 Å². The number of hydrogen-bond acceptors (Lipinski definition) is 5. The number of benzene rings is 1. The van der Waals surface area contributed by atoms with Gasteiger partial charge in [0.15, 0.2) is 0 Å². The molecule has 2 aromatic rings. The molecule has 1 aromatic heterocycles. The van der Waals surface area contributed by atoms with Crippen LogP contribution in [0, 0.1) is 11.8 Å². The van der Waals surface area contributed by atoms with Crippen LogP contribution in [-0.2, 0) is 4.57 Å². The Bertz CT molecular complexity index is 945. The summed E-state index contributed by atoms with van der Waals surface area (Å²) in [5.74, 6) is 6.15. The van der Waals surface area contributed by atoms with Gasteiger partial charge in [0.25, 0.3) is 0 Å². The van der Waals surface area contributed by atoms with Crippen LogP contribution in [0.25, 0.3) is 11.0 Å². The minimum Gasteiger partial charge on any atom is -0.422 e. The summed E-state index contributed by atoms with van der Waals surface area (Å²) < 4.78 is 16.3. The smallest absolute Gasteiger partial charge is 0.363 e. The van der Waals surface area contributed by atoms with E-state index in [-0.39, 0.29) is 5.58 Å². The van der Waals surface area contributed by atoms with Gasteiger partial charge in [-0.2, -0.15) is 0 Å². The zero-order valence-electron chi connectivity index (χ0n) is 13.8. The molecule has 1 saturated heterocycles. The number of fused-ring (bicyclic) bond motifs is 1. The lowest BCUT2D eigenvalue weighted by atomic mass is 10.1. The summed E-state index contributed by atoms with van der Waals surface area (Å²) in [6.45, 7) is 4.72. The fourth-order valence-corrected chi connectivity index (χ4v) is 3.23. The van der Waals surface area contributed by atoms with Gasteiger partial charge in [0.1, 0.15) is 10.9 Å². The molecule has 1 fully saturated rings. The van der Waals surface area contributed by atoms with Crippen LogP contribution in [0.2, 0.25) is 0 Å². The van der Waals surface area contributed by atoms with E-state index in [4.69, 9.17) is 14.2 Å². The first-order valence-electron chi connectivity index (χ1n) is 7.87. The molecule has 0 atom stereocenters. The van der Waals surface area contributed by atoms with Gasteiger partial charge in [0.05, 0.1) is 6.54 Å². The van der Waals surface area contributed by atoms with Crippen molar-refractivity contribution in [3.63, 3.8) is 0 Å². The second-order valence-electron chi connectivity index (χ2n) is 6.10. The summed E-state index contributed by atoms with van der Waals surface area (Å²) in [4.78, 5) is 34.6. The van der Waals surface area contributed by atoms with E-state index in [1.807, 2.05) is 0 Å². The number of rotatable bonds is 2. The first-order chi connectivity index (χ1) is 11.8. The van der Waals surface area contributed by atoms with Crippen molar-refractivity contribution in [3.05, 3.63) is 40.2 Å². The number of hydrogen-bond donors (Lipinski definition) is 2. The highest BCUT2D eigenvalue weighted by molar-refractivity contribution is 7.60. The lowest BCUT2D eigenvalue weighted by Crippen LogP contribution is -2.44. The molecule has 1 aliphatic rings. The monoisotopic (exact) mass is 362 g/mol. The Hall–Kier alpha value is -1.94. The third-order valence-electron chi connectivity index (χ3n) is 4.16. The zero-order chi connectivity index (χ0) is 18.0. The second kappa shape index (κ2) is 7.12. The molecular formula is C17H19N2O5P. The van der Waals surface area contributed by atoms with E-state index in [1.54, 1.807) is 18.2 Å². The summed E-state index contributed by atoms with van der Waals surface area (Å²) in [6, 6.07) is 6.15. The van der Waals surface area contributed by atoms with Crippen molar-refractivity contribution < 1.29 is 18.8 Å². The van der Waals surface area contributed by atoms with E-state index < -0.39 is 18.5 Å². The minimum absolute atomic E-state index is 0.258. The highest BCUT2D eigenvalue weighted by Gasteiger charge is 2.23. The largest absolute Gasteiger partial charge is 0.422 e. The Morgan fingerprint density at radius 1 is 1.20 bits per heavy atom. The van der Waals surface area contributed by atoms with E-state index in [0.717, 1.165) is 26.2 Å². The van der Waals surface area contributed by atoms with Crippen LogP contribution >= 0.6 is 7.60 Å². The Morgan fingerprint density at radius 2 is 1.92 bits per heavy atom. The van der Waals surface area contributed by atoms with Gasteiger partial charge in [0, 0.05) is 37.1 Å². The third-order valence-corrected chi connectivity index (χ3v) is 5.10. The molecule has 0 radical (unpaired) electrons. The second-order valence-corrected chi connectivity index (χ2v) is 7.67. The molecule has 2 heterocycles. The highest BCUT2D eigenvalue weighted by Crippen LogP contribution is 2.32. The van der Waals surface area contributed by atoms with E-state index in [9.17, 15) is 9.36 Å². The average Bonchev–Trinajstić information content (AvgIpc) is 2.55. The van der Waals surface area contributed by atoms with Crippen molar-refractivity contribution in [1.82, 2.24) is 9.80 Å². The van der Waals surface area contributed by atoms with Crippen molar-refractivity contribution in [2.75, 3.05) is 39.8 Å². The normalized spacial score (nSPS) is 16.6. The molecule has 1 aliphatic heterocycles. The first kappa shape index (κ1) is 17.9. The summed E-state index contributed by atoms with van der Waals surface area (Å²) >= 11 is 0. The molecule has 25 heavy (non-hydrogen) atoms. The molecule has 0 unspecified atom stereocenters. The van der Waals surface area contributed by atoms with E-state index >= 15 is 0 Å². The topological polar surface area (TPSA) is 94.2 Å². The minimum atomic E-state index is -4.65. The van der Waals surface area contributed by atoms with Crippen molar-refractivity contribution in [3.8, 4) is 11.8 Å². The van der Waals surface area contributed by atoms with Crippen LogP contribution in [-0.4, -0.2) is 59.4 Å². The van der Waals surface area contributed by atoms with Crippen molar-refractivity contribution in [2.45, 2.75) is 0 Å². The SMILES string of the molecule is CN1CCN(CC#Cc2ccc3cc(P(=O)(O)O)c(=O)oc3c2)CC1. The van der Waals surface area contributed by atoms with E-state index in [1.165, 1.54) is 6.07 Å². The molecule has 132 valence electrons. The molecule has 3 rings (SSSR count). The maximum atomic E-state index is 11.7. The molecule has 2 N–H and O–H groups in total. The lowest BCUT2D eigenvalue weighted by molar-refractivity contribution is 0.168. The summed E-state index contributed by atoms with van der Waals surface area (Å²) in [7, 11) is -2.55. The summed E-state index contributed by atoms with van der Waals surface area (Å²) in [5.41, 5.74) is -0.0781. The van der Waals surface area contributed by atoms with Crippen LogP contribution in [0.5, 0.6) is 0 Å². The van der Waals surface area contributed by atoms with Crippen LogP contribution in [0.15, 0.2) is 33.5 Å². The quantitative estimate of drug-likeness (QED) is 0.448. The summed E-state index contributed by atoms with van der Waals surface area (Å²) in [5, 5.41) is -0.184. The predicted molar refractivity (Wildman–Crippen MR) is 95.0 cm³/mol. The van der Waals surface area contributed by atoms with Crippen LogP contribution < -0.4 is 10.9 Å². The Labute approximate surface area is 145 Å². The van der Waals surface area contributed by atoms with Crippen molar-refractivity contribution in [2.24, 2.45) is 0 Å². The third kappa shape index (κ3) is 4.37. The molecule has 0 bridgehead atoms. The number of nitrogens with zero attached hydrogens (tertiary/aromatic N) is 2. The van der Waals surface area contributed by atoms with E-state index in [0.29, 0.717) is 17.5 Å². The Morgan fingerprint density at radius 3 is 2.60 bits per heavy atom. The van der Waals surface area contributed by atoms with Gasteiger partial charge < -0.3 is 19.1 Å². The fourth-order valence-electron chi connectivity index (χ4n) is 2.64. The standard InChI is InChI=1S/C17H19N2O5P/c1-18-7-9-19(10-8-18)6-2-3-13-4-5-14-12-16(25(21,22)23)17(20)24-15(14)11-13/h4-5,11-12H,6-10H2,1H3,(H2,21,22,23). The molecule has 8 heteroatoms. The Balaban J connectivity index is 1.79. The highest BCUT2D eigenvalue weighted by atomic mass is 31.2. The first-order valence-corrected chi connectivity index (χ1v) is 9.48. The van der Waals surface area contributed by atoms with Gasteiger partial charge >= 0.3 is 13.2 Å². The van der Waals surface area contributed by atoms with Gasteiger partial charge in [-0.25, -0.2) is 4.79 Å². The lowest BCUT2D eigenvalue weighted by Gasteiger charge is -2.30. The molecule has 0 aliphatic carbocycles. The molecule has 1 aromatic carbocycles. The fraction of sp³-hybridized carbons (Fsp3) is 0.353. The van der Waals surface area contributed by atoms with Gasteiger partial charge in [-0.3, -0.25) is 9.46 Å². The van der Waals surface area contributed by atoms with Crippen LogP contribution in [0.1, 0.15) is 5.56 Å². The average molecular weight is 362 g/mol. The molecule has 7 nitrogen and oxygen atoms in total. The molecule has 0 spiro atoms. The molecular weight excluding hydrogens is 343 g/mol. The van der Waals surface area contributed by atoms with E-state index in [2.05, 4.69) is 28.7 Å². The van der Waals surface area contributed by atoms with Crippen LogP contribution in [0.4, 0.5) is 0 Å². The summed E-state index contributed by atoms with van der Waals surface area (Å²) in [6.07, 6.45) is 0.